The van der Waals surface area contributed by atoms with Crippen molar-refractivity contribution in [2.45, 2.75) is 24.7 Å². The fourth-order valence-electron chi connectivity index (χ4n) is 3.02. The summed E-state index contributed by atoms with van der Waals surface area (Å²) in [6.07, 6.45) is 7.38. The number of rotatable bonds is 9. The number of anilines is 1. The van der Waals surface area contributed by atoms with Crippen LogP contribution in [0.1, 0.15) is 30.9 Å². The van der Waals surface area contributed by atoms with Gasteiger partial charge in [-0.05, 0) is 60.0 Å². The van der Waals surface area contributed by atoms with Gasteiger partial charge < -0.3 is 9.47 Å². The predicted octanol–water partition coefficient (Wildman–Crippen LogP) is 5.39. The topological polar surface area (TPSA) is 85.8 Å². The molecule has 0 spiro atoms. The second-order valence-corrected chi connectivity index (χ2v) is 8.87. The van der Waals surface area contributed by atoms with E-state index >= 15 is 0 Å². The van der Waals surface area contributed by atoms with Gasteiger partial charge in [-0.3, -0.25) is 4.98 Å². The van der Waals surface area contributed by atoms with Crippen molar-refractivity contribution in [2.75, 3.05) is 18.0 Å². The number of pyridine rings is 1. The minimum Gasteiger partial charge on any atom is -0.497 e. The summed E-state index contributed by atoms with van der Waals surface area (Å²) in [5.41, 5.74) is 1.62. The summed E-state index contributed by atoms with van der Waals surface area (Å²) in [7, 11) is -2.77. The average molecular weight is 467 g/mol. The van der Waals surface area contributed by atoms with Crippen LogP contribution < -0.4 is 9.04 Å². The van der Waals surface area contributed by atoms with Crippen LogP contribution in [-0.4, -0.2) is 33.2 Å². The molecule has 8 heteroatoms. The van der Waals surface area contributed by atoms with Crippen LogP contribution in [0.4, 0.5) is 10.5 Å². The number of hydrogen-bond donors (Lipinski definition) is 0. The number of aromatic nitrogens is 1. The van der Waals surface area contributed by atoms with Gasteiger partial charge in [-0.15, -0.1) is 0 Å². The Hall–Kier alpha value is -3.65. The number of carbonyl (C=O) groups excluding carboxylic acids is 1. The van der Waals surface area contributed by atoms with E-state index in [4.69, 9.17) is 9.47 Å². The van der Waals surface area contributed by atoms with Gasteiger partial charge in [0, 0.05) is 12.4 Å². The molecule has 1 amide bonds. The summed E-state index contributed by atoms with van der Waals surface area (Å²) in [6, 6.07) is 16.3. The van der Waals surface area contributed by atoms with Crippen LogP contribution in [0.5, 0.6) is 5.75 Å². The van der Waals surface area contributed by atoms with Crippen molar-refractivity contribution < 1.29 is 22.7 Å². The highest BCUT2D eigenvalue weighted by molar-refractivity contribution is 7.93. The first kappa shape index (κ1) is 24.0. The molecule has 3 aromatic rings. The largest absolute Gasteiger partial charge is 0.497 e. The molecule has 33 heavy (non-hydrogen) atoms. The fraction of sp³-hybridized carbons (Fsp3) is 0.200. The van der Waals surface area contributed by atoms with E-state index in [1.165, 1.54) is 31.4 Å². The summed E-state index contributed by atoms with van der Waals surface area (Å²) in [5.74, 6) is 0.506. The number of unbranched alkanes of at least 4 members (excludes halogenated alkanes) is 1. The number of benzene rings is 2. The molecule has 0 radical (unpaired) electrons. The number of hydrogen-bond acceptors (Lipinski definition) is 6. The number of ether oxygens (including phenoxy) is 2. The summed E-state index contributed by atoms with van der Waals surface area (Å²) >= 11 is 0. The van der Waals surface area contributed by atoms with E-state index in [0.29, 0.717) is 17.7 Å². The SMILES string of the molecule is CCCCOC(=O)N(c1ccccc1/C=C/c1ccncc1)S(=O)(=O)c1ccc(OC)cc1. The van der Waals surface area contributed by atoms with Crippen LogP contribution in [0.3, 0.4) is 0 Å². The number of methoxy groups -OCH3 is 1. The highest BCUT2D eigenvalue weighted by atomic mass is 32.2. The van der Waals surface area contributed by atoms with Crippen molar-refractivity contribution in [1.29, 1.82) is 0 Å². The molecule has 0 bridgehead atoms. The molecule has 1 aromatic heterocycles. The molecule has 0 atom stereocenters. The van der Waals surface area contributed by atoms with E-state index in [1.807, 2.05) is 25.1 Å². The molecule has 0 fully saturated rings. The lowest BCUT2D eigenvalue weighted by Crippen LogP contribution is -2.38. The Labute approximate surface area is 194 Å². The van der Waals surface area contributed by atoms with Crippen LogP contribution in [0, 0.1) is 0 Å². The third-order valence-corrected chi connectivity index (χ3v) is 6.50. The standard InChI is InChI=1S/C25H26N2O5S/c1-3-4-19-32-25(28)27(33(29,30)23-13-11-22(31-2)12-14-23)24-8-6-5-7-21(24)10-9-20-15-17-26-18-16-20/h5-18H,3-4,19H2,1-2H3/b10-9+. The lowest BCUT2D eigenvalue weighted by Gasteiger charge is -2.23. The van der Waals surface area contributed by atoms with Crippen molar-refractivity contribution in [3.05, 3.63) is 84.2 Å². The second kappa shape index (κ2) is 11.3. The Bertz CT molecular complexity index is 1190. The van der Waals surface area contributed by atoms with Gasteiger partial charge >= 0.3 is 6.09 Å². The molecule has 0 unspecified atom stereocenters. The summed E-state index contributed by atoms with van der Waals surface area (Å²) in [6.45, 7) is 2.08. The molecule has 2 aromatic carbocycles. The van der Waals surface area contributed by atoms with Crippen LogP contribution >= 0.6 is 0 Å². The minimum atomic E-state index is -4.26. The molecule has 0 aliphatic heterocycles. The molecule has 7 nitrogen and oxygen atoms in total. The normalized spacial score (nSPS) is 11.3. The quantitative estimate of drug-likeness (QED) is 0.393. The molecular weight excluding hydrogens is 440 g/mol. The molecule has 0 aliphatic carbocycles. The smallest absolute Gasteiger partial charge is 0.428 e. The molecule has 0 saturated carbocycles. The van der Waals surface area contributed by atoms with E-state index in [9.17, 15) is 13.2 Å². The molecule has 1 heterocycles. The van der Waals surface area contributed by atoms with Gasteiger partial charge in [0.1, 0.15) is 5.75 Å². The van der Waals surface area contributed by atoms with Gasteiger partial charge in [-0.2, -0.15) is 4.31 Å². The zero-order valence-electron chi connectivity index (χ0n) is 18.5. The van der Waals surface area contributed by atoms with Crippen molar-refractivity contribution in [3.8, 4) is 5.75 Å². The second-order valence-electron chi connectivity index (χ2n) is 7.09. The maximum atomic E-state index is 13.6. The molecule has 0 aliphatic rings. The fourth-order valence-corrected chi connectivity index (χ4v) is 4.38. The Morgan fingerprint density at radius 1 is 1.00 bits per heavy atom. The van der Waals surface area contributed by atoms with Gasteiger partial charge in [0.15, 0.2) is 0 Å². The number of sulfonamides is 1. The number of nitrogens with zero attached hydrogens (tertiary/aromatic N) is 2. The highest BCUT2D eigenvalue weighted by Crippen LogP contribution is 2.30. The summed E-state index contributed by atoms with van der Waals surface area (Å²) in [4.78, 5) is 17.0. The van der Waals surface area contributed by atoms with Gasteiger partial charge in [-0.25, -0.2) is 13.2 Å². The number of amides is 1. The zero-order chi connectivity index (χ0) is 23.7. The van der Waals surface area contributed by atoms with Crippen molar-refractivity contribution in [2.24, 2.45) is 0 Å². The number of carbonyl (C=O) groups is 1. The van der Waals surface area contributed by atoms with Gasteiger partial charge in [0.25, 0.3) is 10.0 Å². The summed E-state index contributed by atoms with van der Waals surface area (Å²) < 4.78 is 38.3. The minimum absolute atomic E-state index is 0.0522. The third kappa shape index (κ3) is 5.98. The summed E-state index contributed by atoms with van der Waals surface area (Å²) in [5, 5.41) is 0. The third-order valence-electron chi connectivity index (χ3n) is 4.80. The molecule has 0 N–H and O–H groups in total. The van der Waals surface area contributed by atoms with Crippen molar-refractivity contribution in [3.63, 3.8) is 0 Å². The van der Waals surface area contributed by atoms with Gasteiger partial charge in [0.05, 0.1) is 24.3 Å². The van der Waals surface area contributed by atoms with E-state index in [0.717, 1.165) is 16.3 Å². The Kier molecular flexibility index (Phi) is 8.21. The maximum absolute atomic E-state index is 13.6. The predicted molar refractivity (Wildman–Crippen MR) is 129 cm³/mol. The first-order chi connectivity index (χ1) is 16.0. The first-order valence-corrected chi connectivity index (χ1v) is 11.9. The molecule has 3 rings (SSSR count). The van der Waals surface area contributed by atoms with Crippen LogP contribution in [0.2, 0.25) is 0 Å². The first-order valence-electron chi connectivity index (χ1n) is 10.5. The highest BCUT2D eigenvalue weighted by Gasteiger charge is 2.33. The van der Waals surface area contributed by atoms with Crippen LogP contribution in [0.15, 0.2) is 78.0 Å². The van der Waals surface area contributed by atoms with E-state index in [-0.39, 0.29) is 17.2 Å². The lowest BCUT2D eigenvalue weighted by molar-refractivity contribution is 0.156. The van der Waals surface area contributed by atoms with Crippen molar-refractivity contribution in [1.82, 2.24) is 4.98 Å². The zero-order valence-corrected chi connectivity index (χ0v) is 19.4. The van der Waals surface area contributed by atoms with Gasteiger partial charge in [-0.1, -0.05) is 43.7 Å². The Balaban J connectivity index is 2.06. The van der Waals surface area contributed by atoms with E-state index in [1.54, 1.807) is 42.7 Å². The Morgan fingerprint density at radius 3 is 2.36 bits per heavy atom. The molecular formula is C25H26N2O5S. The average Bonchev–Trinajstić information content (AvgIpc) is 2.84. The maximum Gasteiger partial charge on any atom is 0.428 e. The lowest BCUT2D eigenvalue weighted by atomic mass is 10.1. The van der Waals surface area contributed by atoms with Crippen molar-refractivity contribution >= 4 is 34.0 Å². The number of para-hydroxylation sites is 1. The molecule has 0 saturated heterocycles. The van der Waals surface area contributed by atoms with Gasteiger partial charge in [0.2, 0.25) is 0 Å². The van der Waals surface area contributed by atoms with E-state index < -0.39 is 16.1 Å². The van der Waals surface area contributed by atoms with Crippen LogP contribution in [-0.2, 0) is 14.8 Å². The molecule has 172 valence electrons. The monoisotopic (exact) mass is 466 g/mol. The van der Waals surface area contributed by atoms with Crippen LogP contribution in [0.25, 0.3) is 12.2 Å². The van der Waals surface area contributed by atoms with E-state index in [2.05, 4.69) is 4.98 Å². The Morgan fingerprint density at radius 2 is 1.70 bits per heavy atom.